The summed E-state index contributed by atoms with van der Waals surface area (Å²) >= 11 is 7.34. The molecule has 0 spiro atoms. The van der Waals surface area contributed by atoms with Gasteiger partial charge in [-0.1, -0.05) is 29.3 Å². The SMILES string of the molecule is Cc1cccc(C(=O)Nc2csc(-c3cnn(-c4ccc(Cl)cc4)c3)c2C(=O)OC(C)(C)C)c1. The van der Waals surface area contributed by atoms with E-state index in [1.54, 1.807) is 61.3 Å². The average molecular weight is 494 g/mol. The Morgan fingerprint density at radius 2 is 1.85 bits per heavy atom. The molecule has 1 amide bonds. The zero-order chi connectivity index (χ0) is 24.5. The first-order valence-corrected chi connectivity index (χ1v) is 11.9. The van der Waals surface area contributed by atoms with Crippen molar-refractivity contribution in [2.24, 2.45) is 0 Å². The fourth-order valence-corrected chi connectivity index (χ4v) is 4.44. The van der Waals surface area contributed by atoms with E-state index in [-0.39, 0.29) is 5.91 Å². The van der Waals surface area contributed by atoms with Crippen LogP contribution in [0.2, 0.25) is 5.02 Å². The Labute approximate surface area is 207 Å². The van der Waals surface area contributed by atoms with Gasteiger partial charge >= 0.3 is 5.97 Å². The monoisotopic (exact) mass is 493 g/mol. The van der Waals surface area contributed by atoms with Gasteiger partial charge in [0.15, 0.2) is 0 Å². The maximum Gasteiger partial charge on any atom is 0.342 e. The van der Waals surface area contributed by atoms with Crippen LogP contribution < -0.4 is 5.32 Å². The van der Waals surface area contributed by atoms with Crippen molar-refractivity contribution in [3.63, 3.8) is 0 Å². The van der Waals surface area contributed by atoms with Crippen molar-refractivity contribution in [3.05, 3.63) is 88.0 Å². The average Bonchev–Trinajstić information content (AvgIpc) is 3.40. The van der Waals surface area contributed by atoms with Gasteiger partial charge in [0.05, 0.1) is 22.4 Å². The van der Waals surface area contributed by atoms with E-state index in [0.29, 0.717) is 26.7 Å². The van der Waals surface area contributed by atoms with Crippen LogP contribution >= 0.6 is 22.9 Å². The van der Waals surface area contributed by atoms with Gasteiger partial charge in [0, 0.05) is 27.7 Å². The number of rotatable bonds is 5. The Balaban J connectivity index is 1.71. The standard InChI is InChI=1S/C26H24ClN3O3S/c1-16-6-5-7-17(12-16)24(31)29-21-15-34-23(22(21)25(32)33-26(2,3)4)18-13-28-30(14-18)20-10-8-19(27)9-11-20/h5-15H,1-4H3,(H,29,31). The number of carbonyl (C=O) groups is 2. The third-order valence-corrected chi connectivity index (χ3v) is 6.14. The van der Waals surface area contributed by atoms with E-state index in [0.717, 1.165) is 16.8 Å². The quantitative estimate of drug-likeness (QED) is 0.311. The second-order valence-electron chi connectivity index (χ2n) is 8.83. The number of thiophene rings is 1. The molecular formula is C26H24ClN3O3S. The number of amides is 1. The number of nitrogens with one attached hydrogen (secondary N) is 1. The summed E-state index contributed by atoms with van der Waals surface area (Å²) in [6.45, 7) is 7.34. The summed E-state index contributed by atoms with van der Waals surface area (Å²) in [5.41, 5.74) is 3.06. The largest absolute Gasteiger partial charge is 0.456 e. The minimum absolute atomic E-state index is 0.297. The van der Waals surface area contributed by atoms with E-state index in [9.17, 15) is 9.59 Å². The van der Waals surface area contributed by atoms with Crippen molar-refractivity contribution in [1.29, 1.82) is 0 Å². The lowest BCUT2D eigenvalue weighted by molar-refractivity contribution is 0.00722. The van der Waals surface area contributed by atoms with Crippen LogP contribution in [0.4, 0.5) is 5.69 Å². The van der Waals surface area contributed by atoms with Crippen LogP contribution in [0, 0.1) is 6.92 Å². The molecular weight excluding hydrogens is 470 g/mol. The number of aryl methyl sites for hydroxylation is 1. The van der Waals surface area contributed by atoms with Crippen LogP contribution in [-0.2, 0) is 4.74 Å². The Morgan fingerprint density at radius 1 is 1.12 bits per heavy atom. The molecule has 0 aliphatic heterocycles. The molecule has 0 aliphatic rings. The lowest BCUT2D eigenvalue weighted by Crippen LogP contribution is -2.25. The molecule has 0 saturated heterocycles. The van der Waals surface area contributed by atoms with Crippen LogP contribution in [0.5, 0.6) is 0 Å². The number of ether oxygens (including phenoxy) is 1. The molecule has 2 aromatic heterocycles. The molecule has 0 atom stereocenters. The molecule has 6 nitrogen and oxygen atoms in total. The molecule has 4 rings (SSSR count). The van der Waals surface area contributed by atoms with Gasteiger partial charge in [0.25, 0.3) is 5.91 Å². The van der Waals surface area contributed by atoms with Crippen molar-refractivity contribution in [3.8, 4) is 16.1 Å². The number of hydrogen-bond donors (Lipinski definition) is 1. The molecule has 0 aliphatic carbocycles. The van der Waals surface area contributed by atoms with Crippen LogP contribution in [0.1, 0.15) is 47.1 Å². The molecule has 1 N–H and O–H groups in total. The number of halogens is 1. The Morgan fingerprint density at radius 3 is 2.53 bits per heavy atom. The van der Waals surface area contributed by atoms with Gasteiger partial charge in [-0.2, -0.15) is 5.10 Å². The molecule has 0 unspecified atom stereocenters. The van der Waals surface area contributed by atoms with Gasteiger partial charge in [0.2, 0.25) is 0 Å². The highest BCUT2D eigenvalue weighted by Crippen LogP contribution is 2.37. The topological polar surface area (TPSA) is 73.2 Å². The minimum atomic E-state index is -0.693. The second-order valence-corrected chi connectivity index (χ2v) is 10.1. The first kappa shape index (κ1) is 23.7. The second kappa shape index (κ2) is 9.44. The van der Waals surface area contributed by atoms with Crippen molar-refractivity contribution < 1.29 is 14.3 Å². The summed E-state index contributed by atoms with van der Waals surface area (Å²) in [6.07, 6.45) is 3.51. The number of anilines is 1. The van der Waals surface area contributed by atoms with Crippen LogP contribution in [0.15, 0.2) is 66.3 Å². The Kier molecular flexibility index (Phi) is 6.59. The van der Waals surface area contributed by atoms with E-state index in [1.807, 2.05) is 37.4 Å². The van der Waals surface area contributed by atoms with Gasteiger partial charge in [-0.25, -0.2) is 9.48 Å². The van der Waals surface area contributed by atoms with E-state index in [4.69, 9.17) is 16.3 Å². The molecule has 0 saturated carbocycles. The van der Waals surface area contributed by atoms with E-state index >= 15 is 0 Å². The van der Waals surface area contributed by atoms with Crippen molar-refractivity contribution in [2.75, 3.05) is 5.32 Å². The zero-order valence-corrected chi connectivity index (χ0v) is 20.8. The molecule has 0 fully saturated rings. The summed E-state index contributed by atoms with van der Waals surface area (Å²) in [6, 6.07) is 14.6. The van der Waals surface area contributed by atoms with Crippen LogP contribution in [0.3, 0.4) is 0 Å². The number of carbonyl (C=O) groups excluding carboxylic acids is 2. The van der Waals surface area contributed by atoms with Gasteiger partial charge in [-0.15, -0.1) is 11.3 Å². The first-order valence-electron chi connectivity index (χ1n) is 10.6. The summed E-state index contributed by atoms with van der Waals surface area (Å²) in [7, 11) is 0. The molecule has 0 bridgehead atoms. The number of aromatic nitrogens is 2. The lowest BCUT2D eigenvalue weighted by Gasteiger charge is -2.20. The lowest BCUT2D eigenvalue weighted by atomic mass is 10.1. The fourth-order valence-electron chi connectivity index (χ4n) is 3.35. The van der Waals surface area contributed by atoms with Crippen LogP contribution in [0.25, 0.3) is 16.1 Å². The number of nitrogens with zero attached hydrogens (tertiary/aromatic N) is 2. The van der Waals surface area contributed by atoms with E-state index < -0.39 is 11.6 Å². The fraction of sp³-hybridized carbons (Fsp3) is 0.192. The molecule has 2 aromatic carbocycles. The number of esters is 1. The van der Waals surface area contributed by atoms with E-state index in [1.165, 1.54) is 11.3 Å². The minimum Gasteiger partial charge on any atom is -0.456 e. The summed E-state index contributed by atoms with van der Waals surface area (Å²) in [5, 5.41) is 9.71. The highest BCUT2D eigenvalue weighted by Gasteiger charge is 2.27. The molecule has 34 heavy (non-hydrogen) atoms. The van der Waals surface area contributed by atoms with Crippen LogP contribution in [-0.4, -0.2) is 27.3 Å². The maximum absolute atomic E-state index is 13.2. The Bertz CT molecular complexity index is 1350. The summed E-state index contributed by atoms with van der Waals surface area (Å²) < 4.78 is 7.37. The summed E-state index contributed by atoms with van der Waals surface area (Å²) in [4.78, 5) is 26.8. The maximum atomic E-state index is 13.2. The molecule has 8 heteroatoms. The first-order chi connectivity index (χ1) is 16.1. The molecule has 2 heterocycles. The predicted molar refractivity (Wildman–Crippen MR) is 136 cm³/mol. The predicted octanol–water partition coefficient (Wildman–Crippen LogP) is 6.77. The zero-order valence-electron chi connectivity index (χ0n) is 19.3. The highest BCUT2D eigenvalue weighted by molar-refractivity contribution is 7.14. The van der Waals surface area contributed by atoms with E-state index in [2.05, 4.69) is 10.4 Å². The highest BCUT2D eigenvalue weighted by atomic mass is 35.5. The normalized spacial score (nSPS) is 11.3. The molecule has 174 valence electrons. The molecule has 4 aromatic rings. The third-order valence-electron chi connectivity index (χ3n) is 4.86. The smallest absolute Gasteiger partial charge is 0.342 e. The third kappa shape index (κ3) is 5.38. The van der Waals surface area contributed by atoms with Gasteiger partial charge in [0.1, 0.15) is 11.2 Å². The Hall–Kier alpha value is -3.42. The van der Waals surface area contributed by atoms with Gasteiger partial charge in [-0.05, 0) is 64.1 Å². The van der Waals surface area contributed by atoms with Crippen molar-refractivity contribution >= 4 is 40.5 Å². The van der Waals surface area contributed by atoms with Crippen molar-refractivity contribution in [1.82, 2.24) is 9.78 Å². The number of benzene rings is 2. The summed E-state index contributed by atoms with van der Waals surface area (Å²) in [5.74, 6) is -0.808. The van der Waals surface area contributed by atoms with Gasteiger partial charge < -0.3 is 10.1 Å². The number of hydrogen-bond acceptors (Lipinski definition) is 5. The molecule has 0 radical (unpaired) electrons. The van der Waals surface area contributed by atoms with Gasteiger partial charge in [-0.3, -0.25) is 4.79 Å². The van der Waals surface area contributed by atoms with Crippen molar-refractivity contribution in [2.45, 2.75) is 33.3 Å².